The van der Waals surface area contributed by atoms with Crippen molar-refractivity contribution in [3.63, 3.8) is 0 Å². The van der Waals surface area contributed by atoms with Gasteiger partial charge < -0.3 is 29.3 Å². The number of esters is 1. The van der Waals surface area contributed by atoms with Gasteiger partial charge in [0, 0.05) is 44.1 Å². The lowest BCUT2D eigenvalue weighted by Gasteiger charge is -2.36. The molecule has 42 heavy (non-hydrogen) atoms. The Hall–Kier alpha value is -4.67. The fraction of sp³-hybridized carbons (Fsp3) is 0.387. The predicted octanol–water partition coefficient (Wildman–Crippen LogP) is 3.56. The minimum atomic E-state index is -1.01. The molecule has 1 unspecified atom stereocenters. The summed E-state index contributed by atoms with van der Waals surface area (Å²) in [6.07, 6.45) is -0.479. The summed E-state index contributed by atoms with van der Waals surface area (Å²) in [4.78, 5) is 59.3. The first-order chi connectivity index (χ1) is 20.4. The van der Waals surface area contributed by atoms with E-state index in [1.165, 1.54) is 4.90 Å². The summed E-state index contributed by atoms with van der Waals surface area (Å²) in [6, 6.07) is 17.1. The highest BCUT2D eigenvalue weighted by Crippen LogP contribution is 2.25. The summed E-state index contributed by atoms with van der Waals surface area (Å²) >= 11 is 0. The van der Waals surface area contributed by atoms with E-state index in [4.69, 9.17) is 14.2 Å². The van der Waals surface area contributed by atoms with Gasteiger partial charge in [0.25, 0.3) is 5.91 Å². The number of piperazine rings is 1. The molecule has 0 bridgehead atoms. The molecular formula is C31H36N4O7. The number of carbonyl (C=O) groups is 4. The summed E-state index contributed by atoms with van der Waals surface area (Å²) < 4.78 is 16.2. The summed E-state index contributed by atoms with van der Waals surface area (Å²) in [5, 5.41) is 3.55. The SMILES string of the molecule is CCOC(=O)N1CCN(C(=O)C(CCC(=O)OCc2ccccc2)NC(=O)c2cc(OCC)c3ccccc3n2)CC1. The number of aromatic nitrogens is 1. The van der Waals surface area contributed by atoms with Gasteiger partial charge in [0.05, 0.1) is 18.7 Å². The molecule has 0 radical (unpaired) electrons. The molecular weight excluding hydrogens is 540 g/mol. The molecule has 1 aliphatic rings. The molecule has 1 N–H and O–H groups in total. The summed E-state index contributed by atoms with van der Waals surface area (Å²) in [5.74, 6) is -0.896. The fourth-order valence-corrected chi connectivity index (χ4v) is 4.64. The minimum Gasteiger partial charge on any atom is -0.493 e. The Morgan fingerprint density at radius 2 is 1.57 bits per heavy atom. The third kappa shape index (κ3) is 7.96. The van der Waals surface area contributed by atoms with Gasteiger partial charge in [-0.15, -0.1) is 0 Å². The lowest BCUT2D eigenvalue weighted by molar-refractivity contribution is -0.145. The van der Waals surface area contributed by atoms with E-state index in [2.05, 4.69) is 10.3 Å². The average molecular weight is 577 g/mol. The Morgan fingerprint density at radius 1 is 0.881 bits per heavy atom. The first-order valence-electron chi connectivity index (χ1n) is 14.1. The van der Waals surface area contributed by atoms with Crippen molar-refractivity contribution < 1.29 is 33.4 Å². The monoisotopic (exact) mass is 576 g/mol. The van der Waals surface area contributed by atoms with Gasteiger partial charge in [-0.3, -0.25) is 14.4 Å². The second-order valence-corrected chi connectivity index (χ2v) is 9.68. The molecule has 0 aliphatic carbocycles. The molecule has 0 spiro atoms. The first-order valence-corrected chi connectivity index (χ1v) is 14.1. The third-order valence-corrected chi connectivity index (χ3v) is 6.81. The van der Waals surface area contributed by atoms with Crippen LogP contribution in [-0.4, -0.2) is 84.1 Å². The molecule has 11 heteroatoms. The van der Waals surface area contributed by atoms with E-state index >= 15 is 0 Å². The van der Waals surface area contributed by atoms with Gasteiger partial charge in [-0.1, -0.05) is 42.5 Å². The maximum atomic E-state index is 13.6. The molecule has 0 saturated carbocycles. The second kappa shape index (κ2) is 14.8. The molecule has 2 aromatic carbocycles. The molecule has 1 aromatic heterocycles. The standard InChI is InChI=1S/C31H36N4O7/c1-3-40-27-20-26(32-24-13-9-8-12-23(24)27)29(37)33-25(14-15-28(36)42-21-22-10-6-5-7-11-22)30(38)34-16-18-35(19-17-34)31(39)41-4-2/h5-13,20,25H,3-4,14-19,21H2,1-2H3,(H,33,37). The van der Waals surface area contributed by atoms with Crippen LogP contribution in [0.1, 0.15) is 42.7 Å². The molecule has 11 nitrogen and oxygen atoms in total. The largest absolute Gasteiger partial charge is 0.493 e. The smallest absolute Gasteiger partial charge is 0.409 e. The van der Waals surface area contributed by atoms with Gasteiger partial charge in [-0.2, -0.15) is 0 Å². The predicted molar refractivity (Wildman–Crippen MR) is 155 cm³/mol. The Labute approximate surface area is 244 Å². The highest BCUT2D eigenvalue weighted by Gasteiger charge is 2.31. The van der Waals surface area contributed by atoms with Gasteiger partial charge in [-0.05, 0) is 38.0 Å². The van der Waals surface area contributed by atoms with E-state index in [-0.39, 0.29) is 50.7 Å². The highest BCUT2D eigenvalue weighted by molar-refractivity contribution is 5.99. The third-order valence-electron chi connectivity index (χ3n) is 6.81. The quantitative estimate of drug-likeness (QED) is 0.344. The maximum Gasteiger partial charge on any atom is 0.409 e. The van der Waals surface area contributed by atoms with Crippen LogP contribution in [-0.2, 0) is 25.7 Å². The van der Waals surface area contributed by atoms with E-state index in [9.17, 15) is 19.2 Å². The van der Waals surface area contributed by atoms with Crippen LogP contribution in [0.15, 0.2) is 60.7 Å². The topological polar surface area (TPSA) is 127 Å². The highest BCUT2D eigenvalue weighted by atomic mass is 16.6. The zero-order valence-corrected chi connectivity index (χ0v) is 23.9. The van der Waals surface area contributed by atoms with Crippen LogP contribution in [0.25, 0.3) is 10.9 Å². The van der Waals surface area contributed by atoms with Crippen molar-refractivity contribution in [1.82, 2.24) is 20.1 Å². The maximum absolute atomic E-state index is 13.6. The van der Waals surface area contributed by atoms with Crippen molar-refractivity contribution in [2.45, 2.75) is 39.3 Å². The van der Waals surface area contributed by atoms with Crippen LogP contribution in [0.5, 0.6) is 5.75 Å². The number of hydrogen-bond donors (Lipinski definition) is 1. The average Bonchev–Trinajstić information content (AvgIpc) is 3.02. The molecule has 2 heterocycles. The first kappa shape index (κ1) is 30.3. The number of para-hydroxylation sites is 1. The lowest BCUT2D eigenvalue weighted by atomic mass is 10.1. The Morgan fingerprint density at radius 3 is 2.29 bits per heavy atom. The van der Waals surface area contributed by atoms with Crippen molar-refractivity contribution in [3.8, 4) is 5.75 Å². The van der Waals surface area contributed by atoms with E-state index in [1.807, 2.05) is 55.5 Å². The molecule has 3 amide bonds. The van der Waals surface area contributed by atoms with Crippen molar-refractivity contribution >= 4 is 34.8 Å². The summed E-state index contributed by atoms with van der Waals surface area (Å²) in [5.41, 5.74) is 1.52. The number of rotatable bonds is 11. The number of benzene rings is 2. The molecule has 1 aliphatic heterocycles. The van der Waals surface area contributed by atoms with Crippen LogP contribution >= 0.6 is 0 Å². The molecule has 4 rings (SSSR count). The second-order valence-electron chi connectivity index (χ2n) is 9.68. The van der Waals surface area contributed by atoms with Crippen molar-refractivity contribution in [1.29, 1.82) is 0 Å². The van der Waals surface area contributed by atoms with E-state index in [0.717, 1.165) is 10.9 Å². The van der Waals surface area contributed by atoms with E-state index < -0.39 is 24.0 Å². The van der Waals surface area contributed by atoms with Crippen LogP contribution in [0.2, 0.25) is 0 Å². The number of nitrogens with one attached hydrogen (secondary N) is 1. The summed E-state index contributed by atoms with van der Waals surface area (Å²) in [6.45, 7) is 5.50. The molecule has 222 valence electrons. The molecule has 1 saturated heterocycles. The van der Waals surface area contributed by atoms with Gasteiger partial charge in [0.1, 0.15) is 24.1 Å². The van der Waals surface area contributed by atoms with Crippen LogP contribution in [0.4, 0.5) is 4.79 Å². The molecule has 3 aromatic rings. The Kier molecular flexibility index (Phi) is 10.7. The number of ether oxygens (including phenoxy) is 3. The Balaban J connectivity index is 1.47. The van der Waals surface area contributed by atoms with Crippen molar-refractivity contribution in [2.75, 3.05) is 39.4 Å². The van der Waals surface area contributed by atoms with Crippen LogP contribution < -0.4 is 10.1 Å². The number of fused-ring (bicyclic) bond motifs is 1. The van der Waals surface area contributed by atoms with Gasteiger partial charge in [0.2, 0.25) is 5.91 Å². The number of nitrogens with zero attached hydrogens (tertiary/aromatic N) is 3. The van der Waals surface area contributed by atoms with Crippen molar-refractivity contribution in [3.05, 3.63) is 71.9 Å². The summed E-state index contributed by atoms with van der Waals surface area (Å²) in [7, 11) is 0. The van der Waals surface area contributed by atoms with Crippen molar-refractivity contribution in [2.24, 2.45) is 0 Å². The normalized spacial score (nSPS) is 13.8. The van der Waals surface area contributed by atoms with Crippen LogP contribution in [0, 0.1) is 0 Å². The Bertz CT molecular complexity index is 1390. The van der Waals surface area contributed by atoms with Gasteiger partial charge >= 0.3 is 12.1 Å². The number of hydrogen-bond acceptors (Lipinski definition) is 8. The number of pyridine rings is 1. The molecule has 1 fully saturated rings. The number of carbonyl (C=O) groups excluding carboxylic acids is 4. The van der Waals surface area contributed by atoms with Crippen LogP contribution in [0.3, 0.4) is 0 Å². The lowest BCUT2D eigenvalue weighted by Crippen LogP contribution is -2.56. The van der Waals surface area contributed by atoms with E-state index in [0.29, 0.717) is 31.0 Å². The minimum absolute atomic E-state index is 0.0299. The molecule has 1 atom stereocenters. The number of amides is 3. The zero-order valence-electron chi connectivity index (χ0n) is 23.9. The fourth-order valence-electron chi connectivity index (χ4n) is 4.64. The zero-order chi connectivity index (χ0) is 29.9. The van der Waals surface area contributed by atoms with Gasteiger partial charge in [-0.25, -0.2) is 9.78 Å². The van der Waals surface area contributed by atoms with Gasteiger partial charge in [0.15, 0.2) is 0 Å². The van der Waals surface area contributed by atoms with E-state index in [1.54, 1.807) is 24.0 Å².